The van der Waals surface area contributed by atoms with Crippen LogP contribution in [0.5, 0.6) is 0 Å². The lowest BCUT2D eigenvalue weighted by Gasteiger charge is -2.38. The summed E-state index contributed by atoms with van der Waals surface area (Å²) in [6, 6.07) is 2.06. The van der Waals surface area contributed by atoms with Gasteiger partial charge in [0.05, 0.1) is 12.7 Å². The van der Waals surface area contributed by atoms with Crippen LogP contribution in [0.3, 0.4) is 0 Å². The second kappa shape index (κ2) is 3.75. The van der Waals surface area contributed by atoms with E-state index in [0.29, 0.717) is 25.4 Å². The number of hydroxylamine groups is 1. The van der Waals surface area contributed by atoms with Gasteiger partial charge in [-0.3, -0.25) is 9.63 Å². The third-order valence-electron chi connectivity index (χ3n) is 2.35. The smallest absolute Gasteiger partial charge is 0.264 e. The second-order valence-electron chi connectivity index (χ2n) is 3.57. The van der Waals surface area contributed by atoms with Crippen LogP contribution >= 0.6 is 0 Å². The molecule has 0 bridgehead atoms. The Kier molecular flexibility index (Phi) is 2.89. The summed E-state index contributed by atoms with van der Waals surface area (Å²) < 4.78 is 0. The van der Waals surface area contributed by atoms with E-state index in [1.807, 2.05) is 6.92 Å². The van der Waals surface area contributed by atoms with Crippen molar-refractivity contribution in [3.05, 3.63) is 0 Å². The van der Waals surface area contributed by atoms with E-state index in [-0.39, 0.29) is 5.91 Å². The van der Waals surface area contributed by atoms with E-state index < -0.39 is 5.41 Å². The fraction of sp³-hybridized carbons (Fsp3) is 0.778. The Labute approximate surface area is 77.8 Å². The van der Waals surface area contributed by atoms with Crippen molar-refractivity contribution in [1.29, 1.82) is 5.26 Å². The second-order valence-corrected chi connectivity index (χ2v) is 3.57. The largest absolute Gasteiger partial charge is 0.274 e. The van der Waals surface area contributed by atoms with Gasteiger partial charge in [-0.1, -0.05) is 6.92 Å². The topological polar surface area (TPSA) is 62.1 Å². The molecule has 0 aliphatic heterocycles. The molecule has 0 saturated heterocycles. The van der Waals surface area contributed by atoms with Crippen LogP contribution < -0.4 is 5.48 Å². The molecule has 1 aliphatic rings. The van der Waals surface area contributed by atoms with Crippen molar-refractivity contribution in [2.45, 2.75) is 26.7 Å². The SMILES string of the molecule is CCONC(=O)C1(C#N)CC(C)C1. The van der Waals surface area contributed by atoms with Crippen LogP contribution in [0.25, 0.3) is 0 Å². The monoisotopic (exact) mass is 182 g/mol. The van der Waals surface area contributed by atoms with Gasteiger partial charge < -0.3 is 0 Å². The van der Waals surface area contributed by atoms with Crippen LogP contribution in [0.4, 0.5) is 0 Å². The highest BCUT2D eigenvalue weighted by molar-refractivity contribution is 5.85. The maximum absolute atomic E-state index is 11.4. The van der Waals surface area contributed by atoms with Gasteiger partial charge in [-0.05, 0) is 25.7 Å². The first-order valence-electron chi connectivity index (χ1n) is 4.48. The molecule has 0 radical (unpaired) electrons. The molecule has 72 valence electrons. The number of amides is 1. The first-order valence-corrected chi connectivity index (χ1v) is 4.48. The Morgan fingerprint density at radius 2 is 2.38 bits per heavy atom. The molecular formula is C9H14N2O2. The van der Waals surface area contributed by atoms with E-state index in [4.69, 9.17) is 10.1 Å². The minimum Gasteiger partial charge on any atom is -0.274 e. The molecule has 4 nitrogen and oxygen atoms in total. The van der Waals surface area contributed by atoms with Crippen molar-refractivity contribution < 1.29 is 9.63 Å². The molecule has 0 aromatic heterocycles. The predicted octanol–water partition coefficient (Wildman–Crippen LogP) is 0.994. The molecule has 0 unspecified atom stereocenters. The molecule has 1 amide bonds. The number of nitrogens with zero attached hydrogens (tertiary/aromatic N) is 1. The Morgan fingerprint density at radius 3 is 2.77 bits per heavy atom. The summed E-state index contributed by atoms with van der Waals surface area (Å²) in [5.74, 6) is 0.168. The van der Waals surface area contributed by atoms with Crippen LogP contribution in [0, 0.1) is 22.7 Å². The third kappa shape index (κ3) is 1.81. The van der Waals surface area contributed by atoms with Crippen molar-refractivity contribution in [2.24, 2.45) is 11.3 Å². The molecule has 0 aromatic carbocycles. The molecule has 1 fully saturated rings. The molecule has 13 heavy (non-hydrogen) atoms. The number of carbonyl (C=O) groups excluding carboxylic acids is 1. The summed E-state index contributed by atoms with van der Waals surface area (Å²) in [6.45, 7) is 4.23. The minimum atomic E-state index is -0.825. The van der Waals surface area contributed by atoms with Gasteiger partial charge in [-0.15, -0.1) is 0 Å². The van der Waals surface area contributed by atoms with Crippen molar-refractivity contribution in [2.75, 3.05) is 6.61 Å². The van der Waals surface area contributed by atoms with Crippen molar-refractivity contribution in [3.63, 3.8) is 0 Å². The lowest BCUT2D eigenvalue weighted by Crippen LogP contribution is -2.48. The molecular weight excluding hydrogens is 168 g/mol. The molecule has 0 aromatic rings. The highest BCUT2D eigenvalue weighted by Crippen LogP contribution is 2.44. The standard InChI is InChI=1S/C9H14N2O2/c1-3-13-11-8(12)9(6-10)4-7(2)5-9/h7H,3-5H2,1-2H3,(H,11,12). The average Bonchev–Trinajstić information content (AvgIpc) is 2.08. The lowest BCUT2D eigenvalue weighted by atomic mass is 9.63. The molecule has 0 heterocycles. The number of hydrogen-bond acceptors (Lipinski definition) is 3. The summed E-state index contributed by atoms with van der Waals surface area (Å²) in [6.07, 6.45) is 1.28. The quantitative estimate of drug-likeness (QED) is 0.662. The Hall–Kier alpha value is -1.08. The van der Waals surface area contributed by atoms with Gasteiger partial charge in [0, 0.05) is 0 Å². The summed E-state index contributed by atoms with van der Waals surface area (Å²) >= 11 is 0. The number of rotatable bonds is 3. The van der Waals surface area contributed by atoms with Crippen LogP contribution in [-0.4, -0.2) is 12.5 Å². The summed E-state index contributed by atoms with van der Waals surface area (Å²) in [5.41, 5.74) is 1.46. The zero-order chi connectivity index (χ0) is 9.90. The van der Waals surface area contributed by atoms with Gasteiger partial charge in [0.2, 0.25) is 0 Å². The highest BCUT2D eigenvalue weighted by Gasteiger charge is 2.49. The summed E-state index contributed by atoms with van der Waals surface area (Å²) in [5, 5.41) is 8.86. The molecule has 4 heteroatoms. The lowest BCUT2D eigenvalue weighted by molar-refractivity contribution is -0.146. The van der Waals surface area contributed by atoms with E-state index in [0.717, 1.165) is 0 Å². The van der Waals surface area contributed by atoms with Crippen LogP contribution in [-0.2, 0) is 9.63 Å². The number of nitrogens with one attached hydrogen (secondary N) is 1. The zero-order valence-electron chi connectivity index (χ0n) is 7.96. The minimum absolute atomic E-state index is 0.296. The molecule has 0 atom stereocenters. The maximum Gasteiger partial charge on any atom is 0.264 e. The van der Waals surface area contributed by atoms with Crippen LogP contribution in [0.15, 0.2) is 0 Å². The van der Waals surface area contributed by atoms with Gasteiger partial charge in [0.1, 0.15) is 5.41 Å². The van der Waals surface area contributed by atoms with E-state index in [1.54, 1.807) is 6.92 Å². The van der Waals surface area contributed by atoms with Gasteiger partial charge >= 0.3 is 0 Å². The Morgan fingerprint density at radius 1 is 1.77 bits per heavy atom. The number of carbonyl (C=O) groups is 1. The maximum atomic E-state index is 11.4. The van der Waals surface area contributed by atoms with Crippen molar-refractivity contribution >= 4 is 5.91 Å². The van der Waals surface area contributed by atoms with E-state index in [1.165, 1.54) is 0 Å². The fourth-order valence-corrected chi connectivity index (χ4v) is 1.69. The average molecular weight is 182 g/mol. The summed E-state index contributed by atoms with van der Waals surface area (Å²) in [7, 11) is 0. The van der Waals surface area contributed by atoms with Crippen molar-refractivity contribution in [3.8, 4) is 6.07 Å². The first-order chi connectivity index (χ1) is 6.14. The molecule has 1 N–H and O–H groups in total. The number of nitriles is 1. The third-order valence-corrected chi connectivity index (χ3v) is 2.35. The first kappa shape index (κ1) is 10.0. The van der Waals surface area contributed by atoms with E-state index >= 15 is 0 Å². The van der Waals surface area contributed by atoms with Crippen LogP contribution in [0.2, 0.25) is 0 Å². The normalized spacial score (nSPS) is 31.6. The summed E-state index contributed by atoms with van der Waals surface area (Å²) in [4.78, 5) is 16.2. The van der Waals surface area contributed by atoms with Gasteiger partial charge in [0.25, 0.3) is 5.91 Å². The van der Waals surface area contributed by atoms with Gasteiger partial charge in [0.15, 0.2) is 0 Å². The van der Waals surface area contributed by atoms with Gasteiger partial charge in [-0.2, -0.15) is 5.26 Å². The molecule has 1 aliphatic carbocycles. The highest BCUT2D eigenvalue weighted by atomic mass is 16.6. The zero-order valence-corrected chi connectivity index (χ0v) is 7.96. The molecule has 1 rings (SSSR count). The van der Waals surface area contributed by atoms with E-state index in [2.05, 4.69) is 11.5 Å². The predicted molar refractivity (Wildman–Crippen MR) is 46.2 cm³/mol. The van der Waals surface area contributed by atoms with E-state index in [9.17, 15) is 4.79 Å². The van der Waals surface area contributed by atoms with Gasteiger partial charge in [-0.25, -0.2) is 5.48 Å². The molecule has 1 saturated carbocycles. The Balaban J connectivity index is 2.49. The Bertz CT molecular complexity index is 238. The number of hydrogen-bond donors (Lipinski definition) is 1. The molecule has 0 spiro atoms. The van der Waals surface area contributed by atoms with Crippen LogP contribution in [0.1, 0.15) is 26.7 Å². The fourth-order valence-electron chi connectivity index (χ4n) is 1.69. The van der Waals surface area contributed by atoms with Crippen molar-refractivity contribution in [1.82, 2.24) is 5.48 Å².